The van der Waals surface area contributed by atoms with Gasteiger partial charge in [0, 0.05) is 38.5 Å². The Morgan fingerprint density at radius 3 is 2.86 bits per heavy atom. The normalized spacial score (nSPS) is 44.5. The first-order valence-electron chi connectivity index (χ1n) is 8.83. The first kappa shape index (κ1) is 14.0. The highest BCUT2D eigenvalue weighted by Crippen LogP contribution is 2.38. The van der Waals surface area contributed by atoms with Gasteiger partial charge in [0.1, 0.15) is 6.17 Å². The minimum absolute atomic E-state index is 0.386. The monoisotopic (exact) mass is 293 g/mol. The largest absolute Gasteiger partial charge is 0.339 e. The number of fused-ring (bicyclic) bond motifs is 4. The third-order valence-electron chi connectivity index (χ3n) is 6.22. The molecule has 4 N–H and O–H groups in total. The molecule has 5 heteroatoms. The van der Waals surface area contributed by atoms with Gasteiger partial charge in [-0.3, -0.25) is 9.69 Å². The number of quaternary nitrogens is 1. The van der Waals surface area contributed by atoms with E-state index < -0.39 is 0 Å². The minimum atomic E-state index is 0.386. The number of amides is 1. The smallest absolute Gasteiger partial charge is 0.222 e. The van der Waals surface area contributed by atoms with Crippen LogP contribution in [0, 0.1) is 11.8 Å². The van der Waals surface area contributed by atoms with E-state index in [1.54, 1.807) is 0 Å². The molecular weight excluding hydrogens is 264 g/mol. The van der Waals surface area contributed by atoms with Gasteiger partial charge in [-0.25, -0.2) is 0 Å². The van der Waals surface area contributed by atoms with Gasteiger partial charge in [-0.05, 0) is 37.5 Å². The van der Waals surface area contributed by atoms with Crippen molar-refractivity contribution >= 4 is 5.91 Å². The average Bonchev–Trinajstić information content (AvgIpc) is 2.49. The lowest BCUT2D eigenvalue weighted by Gasteiger charge is -2.53. The second-order valence-corrected chi connectivity index (χ2v) is 7.70. The number of hydrogen-bond acceptors (Lipinski definition) is 3. The Kier molecular flexibility index (Phi) is 3.67. The molecule has 0 aromatic heterocycles. The fourth-order valence-corrected chi connectivity index (χ4v) is 5.20. The zero-order valence-electron chi connectivity index (χ0n) is 12.9. The lowest BCUT2D eigenvalue weighted by atomic mass is 9.75. The molecule has 0 aliphatic carbocycles. The first-order chi connectivity index (χ1) is 10.2. The Morgan fingerprint density at radius 1 is 1.14 bits per heavy atom. The van der Waals surface area contributed by atoms with Crippen molar-refractivity contribution in [2.75, 3.05) is 26.2 Å². The number of carbonyl (C=O) groups excluding carboxylic acids is 1. The molecule has 4 aliphatic rings. The van der Waals surface area contributed by atoms with Crippen LogP contribution in [0.25, 0.3) is 0 Å². The van der Waals surface area contributed by atoms with Crippen LogP contribution in [0.5, 0.6) is 0 Å². The van der Waals surface area contributed by atoms with Crippen molar-refractivity contribution in [1.29, 1.82) is 0 Å². The molecule has 5 atom stereocenters. The number of likely N-dealkylation sites (tertiary alicyclic amines) is 1. The summed E-state index contributed by atoms with van der Waals surface area (Å²) in [6.07, 6.45) is 7.50. The predicted molar refractivity (Wildman–Crippen MR) is 80.3 cm³/mol. The van der Waals surface area contributed by atoms with E-state index in [-0.39, 0.29) is 0 Å². The number of hydrogen-bond donors (Lipinski definition) is 2. The zero-order chi connectivity index (χ0) is 14.4. The Bertz CT molecular complexity index is 407. The molecule has 0 spiro atoms. The van der Waals surface area contributed by atoms with Crippen molar-refractivity contribution in [2.45, 2.75) is 56.8 Å². The molecular formula is C16H29N4O+. The Morgan fingerprint density at radius 2 is 2.05 bits per heavy atom. The van der Waals surface area contributed by atoms with Crippen molar-refractivity contribution in [3.8, 4) is 0 Å². The zero-order valence-corrected chi connectivity index (χ0v) is 12.9. The Balaban J connectivity index is 1.45. The van der Waals surface area contributed by atoms with Crippen LogP contribution in [0.1, 0.15) is 38.5 Å². The maximum Gasteiger partial charge on any atom is 0.222 e. The van der Waals surface area contributed by atoms with Gasteiger partial charge in [0.2, 0.25) is 5.91 Å². The number of nitrogens with zero attached hydrogens (tertiary/aromatic N) is 2. The van der Waals surface area contributed by atoms with Crippen molar-refractivity contribution in [3.63, 3.8) is 0 Å². The van der Waals surface area contributed by atoms with E-state index >= 15 is 0 Å². The van der Waals surface area contributed by atoms with E-state index in [4.69, 9.17) is 5.73 Å². The van der Waals surface area contributed by atoms with E-state index in [9.17, 15) is 4.79 Å². The molecule has 2 bridgehead atoms. The second-order valence-electron chi connectivity index (χ2n) is 7.70. The quantitative estimate of drug-likeness (QED) is 0.674. The number of piperidine rings is 4. The van der Waals surface area contributed by atoms with Gasteiger partial charge in [0.05, 0.1) is 12.6 Å². The van der Waals surface area contributed by atoms with Crippen LogP contribution < -0.4 is 11.1 Å². The molecule has 0 radical (unpaired) electrons. The van der Waals surface area contributed by atoms with E-state index in [1.807, 2.05) is 0 Å². The van der Waals surface area contributed by atoms with Gasteiger partial charge in [-0.15, -0.1) is 0 Å². The molecule has 4 rings (SSSR count). The van der Waals surface area contributed by atoms with Crippen molar-refractivity contribution in [1.82, 2.24) is 9.80 Å². The van der Waals surface area contributed by atoms with Crippen LogP contribution in [0.4, 0.5) is 0 Å². The summed E-state index contributed by atoms with van der Waals surface area (Å²) in [6, 6.07) is 0.924. The summed E-state index contributed by atoms with van der Waals surface area (Å²) in [5.41, 5.74) is 6.03. The summed E-state index contributed by atoms with van der Waals surface area (Å²) < 4.78 is 0. The summed E-state index contributed by atoms with van der Waals surface area (Å²) in [5.74, 6) is 1.83. The van der Waals surface area contributed by atoms with Crippen LogP contribution >= 0.6 is 0 Å². The van der Waals surface area contributed by atoms with Crippen molar-refractivity contribution < 1.29 is 10.1 Å². The van der Waals surface area contributed by atoms with Crippen LogP contribution in [0.15, 0.2) is 0 Å². The number of carbonyl (C=O) groups is 1. The molecule has 4 saturated heterocycles. The van der Waals surface area contributed by atoms with Gasteiger partial charge in [0.25, 0.3) is 0 Å². The van der Waals surface area contributed by atoms with Gasteiger partial charge < -0.3 is 16.0 Å². The average molecular weight is 293 g/mol. The van der Waals surface area contributed by atoms with Gasteiger partial charge in [0.15, 0.2) is 0 Å². The summed E-state index contributed by atoms with van der Waals surface area (Å²) in [6.45, 7) is 4.47. The van der Waals surface area contributed by atoms with Gasteiger partial charge in [-0.1, -0.05) is 0 Å². The van der Waals surface area contributed by atoms with Crippen molar-refractivity contribution in [2.24, 2.45) is 17.6 Å². The molecule has 4 heterocycles. The minimum Gasteiger partial charge on any atom is -0.339 e. The molecule has 5 nitrogen and oxygen atoms in total. The van der Waals surface area contributed by atoms with Crippen LogP contribution in [0.3, 0.4) is 0 Å². The molecule has 3 unspecified atom stereocenters. The molecule has 4 aliphatic heterocycles. The molecule has 4 fully saturated rings. The van der Waals surface area contributed by atoms with Crippen LogP contribution in [-0.2, 0) is 4.79 Å². The third kappa shape index (κ3) is 2.60. The highest BCUT2D eigenvalue weighted by molar-refractivity contribution is 5.77. The maximum atomic E-state index is 12.2. The Labute approximate surface area is 127 Å². The predicted octanol–water partition coefficient (Wildman–Crippen LogP) is -0.670. The Hall–Kier alpha value is -0.650. The molecule has 0 aromatic carbocycles. The fraction of sp³-hybridized carbons (Fsp3) is 0.938. The van der Waals surface area contributed by atoms with E-state index in [0.717, 1.165) is 25.9 Å². The number of nitrogens with two attached hydrogens (primary N) is 2. The van der Waals surface area contributed by atoms with Crippen LogP contribution in [0.2, 0.25) is 0 Å². The molecule has 0 saturated carbocycles. The first-order valence-corrected chi connectivity index (χ1v) is 8.83. The summed E-state index contributed by atoms with van der Waals surface area (Å²) >= 11 is 0. The lowest BCUT2D eigenvalue weighted by Crippen LogP contribution is -2.97. The third-order valence-corrected chi connectivity index (χ3v) is 6.22. The highest BCUT2D eigenvalue weighted by Gasteiger charge is 2.45. The highest BCUT2D eigenvalue weighted by atomic mass is 16.2. The van der Waals surface area contributed by atoms with Crippen molar-refractivity contribution in [3.05, 3.63) is 0 Å². The lowest BCUT2D eigenvalue weighted by molar-refractivity contribution is -0.719. The van der Waals surface area contributed by atoms with Crippen LogP contribution in [-0.4, -0.2) is 60.1 Å². The molecule has 1 amide bonds. The van der Waals surface area contributed by atoms with Gasteiger partial charge in [-0.2, -0.15) is 0 Å². The summed E-state index contributed by atoms with van der Waals surface area (Å²) in [4.78, 5) is 17.1. The van der Waals surface area contributed by atoms with E-state index in [0.29, 0.717) is 36.0 Å². The second kappa shape index (κ2) is 5.52. The topological polar surface area (TPSA) is 66.2 Å². The summed E-state index contributed by atoms with van der Waals surface area (Å²) in [5, 5.41) is 2.46. The molecule has 21 heavy (non-hydrogen) atoms. The fourth-order valence-electron chi connectivity index (χ4n) is 5.20. The van der Waals surface area contributed by atoms with E-state index in [2.05, 4.69) is 15.1 Å². The maximum absolute atomic E-state index is 12.2. The molecule has 0 aromatic rings. The molecule has 118 valence electrons. The van der Waals surface area contributed by atoms with Gasteiger partial charge >= 0.3 is 0 Å². The summed E-state index contributed by atoms with van der Waals surface area (Å²) in [7, 11) is 0. The SMILES string of the molecule is NC1CCC(N2C[C@@H]3C[C@@H](C2)C2CCCC(=O)N2C3)[NH2+]C1. The standard InChI is InChI=1S/C16H28N4O/c17-13-4-5-15(18-7-13)19-8-11-6-12(10-19)14-2-1-3-16(21)20(14)9-11/h11-15,18H,1-10,17H2/p+1/t11-,12-,13?,14?,15?/m0/s1. The van der Waals surface area contributed by atoms with E-state index in [1.165, 1.54) is 38.8 Å². The number of rotatable bonds is 1.